The molecule has 0 unspecified atom stereocenters. The molecule has 2 aromatic rings. The quantitative estimate of drug-likeness (QED) is 0.590. The van der Waals surface area contributed by atoms with Crippen molar-refractivity contribution in [1.29, 1.82) is 0 Å². The van der Waals surface area contributed by atoms with Crippen LogP contribution in [0.15, 0.2) is 28.7 Å². The van der Waals surface area contributed by atoms with E-state index >= 15 is 0 Å². The van der Waals surface area contributed by atoms with Crippen molar-refractivity contribution in [2.24, 2.45) is 5.92 Å². The van der Waals surface area contributed by atoms with E-state index in [2.05, 4.69) is 36.8 Å². The first-order valence-corrected chi connectivity index (χ1v) is 10.4. The van der Waals surface area contributed by atoms with E-state index < -0.39 is 11.7 Å². The van der Waals surface area contributed by atoms with E-state index in [1.807, 2.05) is 6.07 Å². The largest absolute Gasteiger partial charge is 0.351 e. The molecule has 3 rings (SSSR count). The lowest BCUT2D eigenvalue weighted by atomic mass is 9.86. The standard InChI is InChI=1S/C20H24BrFN4O2/c21-17-7-6-14(22)11-16(17)20(28)23-9-8-19(27)24-18-12-15(25-26-18)10-13-4-2-1-3-5-13/h6-7,11-13H,1-5,8-10H2,(H,23,28)(H2,24,25,26,27). The number of halogens is 2. The molecule has 1 aliphatic carbocycles. The molecule has 8 heteroatoms. The van der Waals surface area contributed by atoms with Crippen molar-refractivity contribution < 1.29 is 14.0 Å². The van der Waals surface area contributed by atoms with E-state index in [-0.39, 0.29) is 24.4 Å². The smallest absolute Gasteiger partial charge is 0.252 e. The predicted molar refractivity (Wildman–Crippen MR) is 109 cm³/mol. The highest BCUT2D eigenvalue weighted by molar-refractivity contribution is 9.10. The number of nitrogens with one attached hydrogen (secondary N) is 3. The number of hydrogen-bond donors (Lipinski definition) is 3. The number of amides is 2. The van der Waals surface area contributed by atoms with Gasteiger partial charge in [-0.1, -0.05) is 32.1 Å². The van der Waals surface area contributed by atoms with Gasteiger partial charge >= 0.3 is 0 Å². The molecule has 6 nitrogen and oxygen atoms in total. The molecule has 28 heavy (non-hydrogen) atoms. The van der Waals surface area contributed by atoms with Gasteiger partial charge in [0.05, 0.1) is 5.56 Å². The molecule has 0 radical (unpaired) electrons. The van der Waals surface area contributed by atoms with Gasteiger partial charge in [0.25, 0.3) is 5.91 Å². The lowest BCUT2D eigenvalue weighted by Gasteiger charge is -2.20. The lowest BCUT2D eigenvalue weighted by Crippen LogP contribution is -2.28. The number of aromatic nitrogens is 2. The van der Waals surface area contributed by atoms with Gasteiger partial charge < -0.3 is 10.6 Å². The highest BCUT2D eigenvalue weighted by atomic mass is 79.9. The third-order valence-electron chi connectivity index (χ3n) is 4.94. The van der Waals surface area contributed by atoms with Gasteiger partial charge in [0.15, 0.2) is 5.82 Å². The Morgan fingerprint density at radius 3 is 2.79 bits per heavy atom. The maximum Gasteiger partial charge on any atom is 0.252 e. The van der Waals surface area contributed by atoms with Gasteiger partial charge in [-0.05, 0) is 46.5 Å². The van der Waals surface area contributed by atoms with Crippen LogP contribution in [0, 0.1) is 11.7 Å². The molecule has 1 aliphatic rings. The third-order valence-corrected chi connectivity index (χ3v) is 5.63. The van der Waals surface area contributed by atoms with Gasteiger partial charge in [-0.15, -0.1) is 0 Å². The Kier molecular flexibility index (Phi) is 7.19. The summed E-state index contributed by atoms with van der Waals surface area (Å²) in [5.41, 5.74) is 1.23. The highest BCUT2D eigenvalue weighted by Crippen LogP contribution is 2.26. The Hall–Kier alpha value is -2.22. The number of H-pyrrole nitrogens is 1. The Morgan fingerprint density at radius 2 is 2.00 bits per heavy atom. The molecule has 0 saturated heterocycles. The van der Waals surface area contributed by atoms with Crippen LogP contribution in [-0.4, -0.2) is 28.6 Å². The monoisotopic (exact) mass is 450 g/mol. The summed E-state index contributed by atoms with van der Waals surface area (Å²) in [5, 5.41) is 12.5. The number of benzene rings is 1. The summed E-state index contributed by atoms with van der Waals surface area (Å²) in [7, 11) is 0. The summed E-state index contributed by atoms with van der Waals surface area (Å²) in [6.45, 7) is 0.146. The molecule has 0 spiro atoms. The minimum absolute atomic E-state index is 0.101. The number of carbonyl (C=O) groups is 2. The van der Waals surface area contributed by atoms with Crippen LogP contribution in [0.5, 0.6) is 0 Å². The highest BCUT2D eigenvalue weighted by Gasteiger charge is 2.16. The topological polar surface area (TPSA) is 86.9 Å². The molecule has 150 valence electrons. The summed E-state index contributed by atoms with van der Waals surface area (Å²) in [4.78, 5) is 24.2. The Bertz CT molecular complexity index is 833. The molecule has 1 saturated carbocycles. The van der Waals surface area contributed by atoms with Gasteiger partial charge in [0.1, 0.15) is 5.82 Å². The van der Waals surface area contributed by atoms with Crippen LogP contribution in [0.25, 0.3) is 0 Å². The van der Waals surface area contributed by atoms with E-state index in [0.717, 1.165) is 18.2 Å². The van der Waals surface area contributed by atoms with Crippen molar-refractivity contribution in [3.05, 3.63) is 45.8 Å². The van der Waals surface area contributed by atoms with E-state index in [9.17, 15) is 14.0 Å². The van der Waals surface area contributed by atoms with Crippen molar-refractivity contribution in [2.45, 2.75) is 44.9 Å². The molecule has 0 bridgehead atoms. The average Bonchev–Trinajstić information content (AvgIpc) is 3.11. The predicted octanol–water partition coefficient (Wildman–Crippen LogP) is 4.19. The number of anilines is 1. The van der Waals surface area contributed by atoms with Crippen molar-refractivity contribution in [3.8, 4) is 0 Å². The molecule has 0 aliphatic heterocycles. The van der Waals surface area contributed by atoms with Crippen LogP contribution in [0.3, 0.4) is 0 Å². The number of rotatable bonds is 7. The molecule has 1 aromatic carbocycles. The molecule has 2 amide bonds. The van der Waals surface area contributed by atoms with Gasteiger partial charge in [-0.2, -0.15) is 5.10 Å². The zero-order valence-corrected chi connectivity index (χ0v) is 17.1. The Balaban J connectivity index is 1.42. The van der Waals surface area contributed by atoms with E-state index in [1.54, 1.807) is 0 Å². The first-order valence-electron chi connectivity index (χ1n) is 9.58. The van der Waals surface area contributed by atoms with Gasteiger partial charge in [0.2, 0.25) is 5.91 Å². The first kappa shape index (κ1) is 20.5. The molecular weight excluding hydrogens is 427 g/mol. The Labute approximate surface area is 171 Å². The van der Waals surface area contributed by atoms with Crippen LogP contribution < -0.4 is 10.6 Å². The SMILES string of the molecule is O=C(CCNC(=O)c1cc(F)ccc1Br)Nc1cc(CC2CCCCC2)[nH]n1. The maximum absolute atomic E-state index is 13.3. The summed E-state index contributed by atoms with van der Waals surface area (Å²) >= 11 is 3.22. The van der Waals surface area contributed by atoms with Crippen LogP contribution in [-0.2, 0) is 11.2 Å². The number of hydrogen-bond acceptors (Lipinski definition) is 3. The lowest BCUT2D eigenvalue weighted by molar-refractivity contribution is -0.116. The molecular formula is C20H24BrFN4O2. The van der Waals surface area contributed by atoms with Gasteiger partial charge in [-0.25, -0.2) is 4.39 Å². The second-order valence-corrected chi connectivity index (χ2v) is 8.02. The molecule has 0 atom stereocenters. The van der Waals surface area contributed by atoms with Crippen LogP contribution >= 0.6 is 15.9 Å². The normalized spacial score (nSPS) is 14.6. The van der Waals surface area contributed by atoms with Crippen molar-refractivity contribution in [3.63, 3.8) is 0 Å². The first-order chi connectivity index (χ1) is 13.5. The second kappa shape index (κ2) is 9.82. The molecule has 1 heterocycles. The maximum atomic E-state index is 13.3. The van der Waals surface area contributed by atoms with Crippen molar-refractivity contribution in [1.82, 2.24) is 15.5 Å². The number of nitrogens with zero attached hydrogens (tertiary/aromatic N) is 1. The fourth-order valence-corrected chi connectivity index (χ4v) is 3.92. The minimum Gasteiger partial charge on any atom is -0.351 e. The van der Waals surface area contributed by atoms with Gasteiger partial charge in [0, 0.05) is 29.2 Å². The minimum atomic E-state index is -0.492. The molecule has 1 aromatic heterocycles. The number of aromatic amines is 1. The van der Waals surface area contributed by atoms with Crippen LogP contribution in [0.1, 0.15) is 54.6 Å². The molecule has 3 N–H and O–H groups in total. The zero-order chi connectivity index (χ0) is 19.9. The zero-order valence-electron chi connectivity index (χ0n) is 15.6. The van der Waals surface area contributed by atoms with E-state index in [0.29, 0.717) is 16.2 Å². The van der Waals surface area contributed by atoms with Crippen LogP contribution in [0.4, 0.5) is 10.2 Å². The summed E-state index contributed by atoms with van der Waals surface area (Å²) in [5.74, 6) is 0.0156. The molecule has 1 fully saturated rings. The summed E-state index contributed by atoms with van der Waals surface area (Å²) < 4.78 is 13.8. The van der Waals surface area contributed by atoms with Gasteiger partial charge in [-0.3, -0.25) is 14.7 Å². The fourth-order valence-electron chi connectivity index (χ4n) is 3.49. The Morgan fingerprint density at radius 1 is 1.21 bits per heavy atom. The average molecular weight is 451 g/mol. The summed E-state index contributed by atoms with van der Waals surface area (Å²) in [6, 6.07) is 5.76. The number of carbonyl (C=O) groups excluding carboxylic acids is 2. The van der Waals surface area contributed by atoms with E-state index in [4.69, 9.17) is 0 Å². The van der Waals surface area contributed by atoms with Crippen molar-refractivity contribution >= 4 is 33.6 Å². The van der Waals surface area contributed by atoms with Crippen molar-refractivity contribution in [2.75, 3.05) is 11.9 Å². The third kappa shape index (κ3) is 5.89. The fraction of sp³-hybridized carbons (Fsp3) is 0.450. The summed E-state index contributed by atoms with van der Waals surface area (Å²) in [6.07, 6.45) is 7.47. The second-order valence-electron chi connectivity index (χ2n) is 7.16. The van der Waals surface area contributed by atoms with E-state index in [1.165, 1.54) is 44.2 Å². The van der Waals surface area contributed by atoms with Crippen LogP contribution in [0.2, 0.25) is 0 Å².